The molecule has 6 rings (SSSR count). The van der Waals surface area contributed by atoms with E-state index in [1.165, 1.54) is 6.07 Å². The van der Waals surface area contributed by atoms with E-state index in [1.54, 1.807) is 13.2 Å². The number of imidazole rings is 1. The number of hydrogen-bond acceptors (Lipinski definition) is 6. The molecule has 230 valence electrons. The van der Waals surface area contributed by atoms with Crippen LogP contribution in [0.3, 0.4) is 0 Å². The molecule has 1 fully saturated rings. The van der Waals surface area contributed by atoms with E-state index in [9.17, 15) is 14.0 Å². The van der Waals surface area contributed by atoms with Crippen LogP contribution in [-0.4, -0.2) is 65.7 Å². The van der Waals surface area contributed by atoms with Crippen LogP contribution in [-0.2, 0) is 27.3 Å². The first kappa shape index (κ1) is 29.8. The average Bonchev–Trinajstić information content (AvgIpc) is 3.41. The van der Waals surface area contributed by atoms with Crippen molar-refractivity contribution in [2.75, 3.05) is 38.7 Å². The molecule has 2 aliphatic rings. The zero-order chi connectivity index (χ0) is 30.6. The van der Waals surface area contributed by atoms with Gasteiger partial charge in [-0.1, -0.05) is 36.4 Å². The fourth-order valence-electron chi connectivity index (χ4n) is 6.27. The zero-order valence-electron chi connectivity index (χ0n) is 24.9. The van der Waals surface area contributed by atoms with Crippen molar-refractivity contribution in [3.63, 3.8) is 0 Å². The number of carbonyl (C=O) groups excluding carboxylic acids is 2. The summed E-state index contributed by atoms with van der Waals surface area (Å²) in [6.07, 6.45) is 3.37. The number of likely N-dealkylation sites (tertiary alicyclic amines) is 1. The zero-order valence-corrected chi connectivity index (χ0v) is 24.9. The van der Waals surface area contributed by atoms with E-state index in [4.69, 9.17) is 20.2 Å². The number of hydrogen-bond donors (Lipinski definition) is 2. The van der Waals surface area contributed by atoms with E-state index >= 15 is 0 Å². The molecule has 0 bridgehead atoms. The Morgan fingerprint density at radius 3 is 2.82 bits per heavy atom. The minimum atomic E-state index is -0.330. The maximum Gasteiger partial charge on any atom is 0.262 e. The van der Waals surface area contributed by atoms with Crippen LogP contribution >= 0.6 is 0 Å². The smallest absolute Gasteiger partial charge is 0.262 e. The molecule has 1 saturated heterocycles. The van der Waals surface area contributed by atoms with Crippen molar-refractivity contribution in [2.45, 2.75) is 50.6 Å². The van der Waals surface area contributed by atoms with E-state index in [2.05, 4.69) is 9.88 Å². The van der Waals surface area contributed by atoms with Crippen molar-refractivity contribution >= 4 is 28.5 Å². The van der Waals surface area contributed by atoms with Crippen molar-refractivity contribution in [2.24, 2.45) is 5.73 Å². The summed E-state index contributed by atoms with van der Waals surface area (Å²) in [5, 5.41) is 2.81. The number of anilines is 1. The normalized spacial score (nSPS) is 17.2. The molecule has 0 radical (unpaired) electrons. The number of aryl methyl sites for hydroxylation is 1. The van der Waals surface area contributed by atoms with Gasteiger partial charge < -0.3 is 30.0 Å². The van der Waals surface area contributed by atoms with Crippen LogP contribution in [0, 0.1) is 5.82 Å². The van der Waals surface area contributed by atoms with Gasteiger partial charge in [0.15, 0.2) is 12.4 Å². The number of methoxy groups -OCH3 is 1. The molecule has 0 aliphatic carbocycles. The topological polar surface area (TPSA) is 112 Å². The number of benzene rings is 3. The number of nitrogens with zero attached hydrogens (tertiary/aromatic N) is 3. The molecule has 2 amide bonds. The first-order chi connectivity index (χ1) is 21.4. The van der Waals surface area contributed by atoms with Crippen molar-refractivity contribution in [3.8, 4) is 16.9 Å². The minimum Gasteiger partial charge on any atom is -0.482 e. The number of nitrogens with one attached hydrogen (secondary N) is 1. The van der Waals surface area contributed by atoms with Gasteiger partial charge in [0.05, 0.1) is 11.2 Å². The van der Waals surface area contributed by atoms with Gasteiger partial charge in [0.1, 0.15) is 17.1 Å². The summed E-state index contributed by atoms with van der Waals surface area (Å²) in [5.41, 5.74) is 11.4. The van der Waals surface area contributed by atoms with E-state index in [0.29, 0.717) is 49.6 Å². The van der Waals surface area contributed by atoms with E-state index in [-0.39, 0.29) is 42.6 Å². The first-order valence-electron chi connectivity index (χ1n) is 15.2. The number of nitrogens with two attached hydrogens (primary N) is 1. The number of piperidine rings is 1. The summed E-state index contributed by atoms with van der Waals surface area (Å²) in [5.74, 6) is 1.06. The van der Waals surface area contributed by atoms with E-state index in [0.717, 1.165) is 47.3 Å². The number of aromatic nitrogens is 2. The van der Waals surface area contributed by atoms with Crippen molar-refractivity contribution in [3.05, 3.63) is 77.9 Å². The number of fused-ring (bicyclic) bond motifs is 2. The molecule has 2 aliphatic heterocycles. The highest BCUT2D eigenvalue weighted by molar-refractivity contribution is 5.96. The molecule has 0 saturated carbocycles. The Bertz CT molecular complexity index is 1650. The second kappa shape index (κ2) is 13.2. The molecule has 9 nitrogen and oxygen atoms in total. The molecule has 3 heterocycles. The standard InChI is InChI=1S/C34H38FN5O4/c1-43-16-4-15-40-29-7-2-6-27(35)33(29)38-34(40)25-5-3-14-39(20-25)32(42)19-26(36)17-22-8-10-23(11-9-22)24-12-13-28-30(18-24)44-21-31(41)37-28/h2,6-13,18,25-26H,3-5,14-17,19-21,36H2,1H3,(H,37,41)/t25-,26-/m1/s1. The van der Waals surface area contributed by atoms with Crippen LogP contribution in [0.1, 0.15) is 43.0 Å². The second-order valence-electron chi connectivity index (χ2n) is 11.7. The van der Waals surface area contributed by atoms with Gasteiger partial charge in [0, 0.05) is 51.7 Å². The van der Waals surface area contributed by atoms with Gasteiger partial charge in [-0.05, 0) is 66.6 Å². The average molecular weight is 600 g/mol. The molecule has 0 spiro atoms. The summed E-state index contributed by atoms with van der Waals surface area (Å²) in [6, 6.07) is 18.6. The quantitative estimate of drug-likeness (QED) is 0.252. The molecule has 0 unspecified atom stereocenters. The van der Waals surface area contributed by atoms with Gasteiger partial charge >= 0.3 is 0 Å². The number of para-hydroxylation sites is 1. The van der Waals surface area contributed by atoms with E-state index < -0.39 is 0 Å². The highest BCUT2D eigenvalue weighted by Gasteiger charge is 2.30. The summed E-state index contributed by atoms with van der Waals surface area (Å²) in [4.78, 5) is 31.6. The van der Waals surface area contributed by atoms with Crippen molar-refractivity contribution in [1.29, 1.82) is 0 Å². The Kier molecular flexibility index (Phi) is 8.90. The van der Waals surface area contributed by atoms with Gasteiger partial charge in [-0.2, -0.15) is 0 Å². The number of halogens is 1. The third kappa shape index (κ3) is 6.46. The Balaban J connectivity index is 1.08. The highest BCUT2D eigenvalue weighted by Crippen LogP contribution is 2.33. The summed E-state index contributed by atoms with van der Waals surface area (Å²) >= 11 is 0. The summed E-state index contributed by atoms with van der Waals surface area (Å²) in [6.45, 7) is 2.52. The predicted molar refractivity (Wildman–Crippen MR) is 167 cm³/mol. The number of rotatable bonds is 10. The predicted octanol–water partition coefficient (Wildman–Crippen LogP) is 4.88. The highest BCUT2D eigenvalue weighted by atomic mass is 19.1. The van der Waals surface area contributed by atoms with Gasteiger partial charge in [-0.3, -0.25) is 9.59 Å². The Hall–Kier alpha value is -4.28. The van der Waals surface area contributed by atoms with Gasteiger partial charge in [-0.15, -0.1) is 0 Å². The van der Waals surface area contributed by atoms with Crippen LogP contribution in [0.5, 0.6) is 5.75 Å². The molecule has 44 heavy (non-hydrogen) atoms. The maximum atomic E-state index is 14.6. The third-order valence-corrected chi connectivity index (χ3v) is 8.47. The van der Waals surface area contributed by atoms with Crippen LogP contribution in [0.4, 0.5) is 10.1 Å². The molecular weight excluding hydrogens is 561 g/mol. The van der Waals surface area contributed by atoms with Gasteiger partial charge in [0.2, 0.25) is 5.91 Å². The molecule has 3 N–H and O–H groups in total. The fourth-order valence-corrected chi connectivity index (χ4v) is 6.27. The number of ether oxygens (including phenoxy) is 2. The maximum absolute atomic E-state index is 14.6. The molecule has 10 heteroatoms. The Morgan fingerprint density at radius 2 is 2.00 bits per heavy atom. The third-order valence-electron chi connectivity index (χ3n) is 8.47. The lowest BCUT2D eigenvalue weighted by atomic mass is 9.95. The largest absolute Gasteiger partial charge is 0.482 e. The minimum absolute atomic E-state index is 0.0143. The first-order valence-corrected chi connectivity index (χ1v) is 15.2. The lowest BCUT2D eigenvalue weighted by Crippen LogP contribution is -2.42. The van der Waals surface area contributed by atoms with Gasteiger partial charge in [-0.25, -0.2) is 9.37 Å². The number of carbonyl (C=O) groups is 2. The lowest BCUT2D eigenvalue weighted by Gasteiger charge is -2.33. The van der Waals surface area contributed by atoms with Crippen LogP contribution in [0.2, 0.25) is 0 Å². The van der Waals surface area contributed by atoms with Crippen molar-refractivity contribution in [1.82, 2.24) is 14.5 Å². The summed E-state index contributed by atoms with van der Waals surface area (Å²) < 4.78 is 27.5. The lowest BCUT2D eigenvalue weighted by molar-refractivity contribution is -0.132. The Labute approximate surface area is 256 Å². The summed E-state index contributed by atoms with van der Waals surface area (Å²) in [7, 11) is 1.67. The van der Waals surface area contributed by atoms with Crippen LogP contribution in [0.25, 0.3) is 22.2 Å². The van der Waals surface area contributed by atoms with E-state index in [1.807, 2.05) is 53.4 Å². The molecular formula is C34H38FN5O4. The molecule has 4 aromatic rings. The van der Waals surface area contributed by atoms with Crippen LogP contribution in [0.15, 0.2) is 60.7 Å². The molecule has 3 aromatic carbocycles. The van der Waals surface area contributed by atoms with Crippen molar-refractivity contribution < 1.29 is 23.5 Å². The SMILES string of the molecule is COCCCn1c([C@@H]2CCCN(C(=O)C[C@H](N)Cc3ccc(-c4ccc5c(c4)OCC(=O)N5)cc3)C2)nc2c(F)cccc21. The van der Waals surface area contributed by atoms with Crippen LogP contribution < -0.4 is 15.8 Å². The van der Waals surface area contributed by atoms with Gasteiger partial charge in [0.25, 0.3) is 5.91 Å². The monoisotopic (exact) mass is 599 g/mol. The fraction of sp³-hybridized carbons (Fsp3) is 0.382. The molecule has 1 aromatic heterocycles. The second-order valence-corrected chi connectivity index (χ2v) is 11.7. The number of amides is 2. The molecule has 2 atom stereocenters. The Morgan fingerprint density at radius 1 is 1.18 bits per heavy atom.